The van der Waals surface area contributed by atoms with Crippen molar-refractivity contribution in [1.29, 1.82) is 0 Å². The Hall–Kier alpha value is -5.35. The molecule has 68 heavy (non-hydrogen) atoms. The van der Waals surface area contributed by atoms with Gasteiger partial charge in [-0.2, -0.15) is 0 Å². The lowest BCUT2D eigenvalue weighted by molar-refractivity contribution is -0.137. The first-order chi connectivity index (χ1) is 31.8. The number of sulfonamides is 1. The second-order valence-electron chi connectivity index (χ2n) is 18.7. The van der Waals surface area contributed by atoms with Crippen LogP contribution in [0.1, 0.15) is 89.1 Å². The van der Waals surface area contributed by atoms with Gasteiger partial charge in [0, 0.05) is 38.5 Å². The molecule has 5 amide bonds. The van der Waals surface area contributed by atoms with Gasteiger partial charge in [0.25, 0.3) is 10.0 Å². The third-order valence-electron chi connectivity index (χ3n) is 11.0. The van der Waals surface area contributed by atoms with Crippen molar-refractivity contribution in [3.05, 3.63) is 58.1 Å². The summed E-state index contributed by atoms with van der Waals surface area (Å²) in [5.41, 5.74) is 13.8. The third kappa shape index (κ3) is 17.6. The number of nitrogens with two attached hydrogens (primary N) is 2. The van der Waals surface area contributed by atoms with Crippen LogP contribution in [-0.2, 0) is 61.0 Å². The summed E-state index contributed by atoms with van der Waals surface area (Å²) in [6, 6.07) is 4.41. The van der Waals surface area contributed by atoms with Crippen molar-refractivity contribution in [2.24, 2.45) is 22.4 Å². The molecule has 0 aliphatic carbocycles. The van der Waals surface area contributed by atoms with E-state index in [1.54, 1.807) is 48.5 Å². The van der Waals surface area contributed by atoms with Gasteiger partial charge in [0.1, 0.15) is 42.1 Å². The number of carbonyl (C=O) groups is 5. The Balaban J connectivity index is 1.80. The summed E-state index contributed by atoms with van der Waals surface area (Å²) in [5, 5.41) is 13.4. The highest BCUT2D eigenvalue weighted by molar-refractivity contribution is 7.90. The van der Waals surface area contributed by atoms with Gasteiger partial charge in [0.15, 0.2) is 0 Å². The van der Waals surface area contributed by atoms with Crippen LogP contribution in [0.15, 0.2) is 40.2 Å². The predicted octanol–water partition coefficient (Wildman–Crippen LogP) is 1.09. The van der Waals surface area contributed by atoms with E-state index >= 15 is 0 Å². The maximum atomic E-state index is 14.1. The highest BCUT2D eigenvalue weighted by atomic mass is 32.2. The van der Waals surface area contributed by atoms with Crippen LogP contribution in [0.2, 0.25) is 0 Å². The minimum Gasteiger partial charge on any atom is -0.487 e. The normalized spacial score (nSPS) is 15.3. The predicted molar refractivity (Wildman–Crippen MR) is 258 cm³/mol. The fourth-order valence-corrected chi connectivity index (χ4v) is 8.93. The largest absolute Gasteiger partial charge is 0.487 e. The molecule has 0 fully saturated rings. The van der Waals surface area contributed by atoms with Crippen LogP contribution < -0.4 is 47.5 Å². The molecule has 3 rings (SSSR count). The van der Waals surface area contributed by atoms with Crippen LogP contribution in [0.4, 0.5) is 0 Å². The third-order valence-corrected chi connectivity index (χ3v) is 12.6. The minimum absolute atomic E-state index is 0.0160. The van der Waals surface area contributed by atoms with Gasteiger partial charge in [-0.15, -0.1) is 0 Å². The minimum atomic E-state index is -4.18. The number of guanidine groups is 1. The molecular formula is C47H75N9O11S. The van der Waals surface area contributed by atoms with Gasteiger partial charge >= 0.3 is 0 Å². The van der Waals surface area contributed by atoms with E-state index < -0.39 is 87.5 Å². The Morgan fingerprint density at radius 2 is 1.47 bits per heavy atom. The highest BCUT2D eigenvalue weighted by Gasteiger charge is 2.37. The quantitative estimate of drug-likeness (QED) is 0.0373. The molecule has 1 aliphatic heterocycles. The maximum absolute atomic E-state index is 14.1. The molecule has 1 heterocycles. The summed E-state index contributed by atoms with van der Waals surface area (Å²) in [5.74, 6) is -3.42. The fourth-order valence-electron chi connectivity index (χ4n) is 7.41. The van der Waals surface area contributed by atoms with Gasteiger partial charge in [0.2, 0.25) is 35.5 Å². The van der Waals surface area contributed by atoms with E-state index in [9.17, 15) is 32.4 Å². The zero-order valence-corrected chi connectivity index (χ0v) is 42.4. The lowest BCUT2D eigenvalue weighted by Gasteiger charge is -2.29. The van der Waals surface area contributed by atoms with Crippen molar-refractivity contribution >= 4 is 45.5 Å². The van der Waals surface area contributed by atoms with Crippen molar-refractivity contribution in [3.8, 4) is 5.75 Å². The van der Waals surface area contributed by atoms with E-state index in [2.05, 4.69) is 36.3 Å². The number of benzene rings is 2. The molecule has 0 saturated heterocycles. The van der Waals surface area contributed by atoms with Crippen molar-refractivity contribution in [3.63, 3.8) is 0 Å². The summed E-state index contributed by atoms with van der Waals surface area (Å²) < 4.78 is 52.6. The maximum Gasteiger partial charge on any atom is 0.264 e. The summed E-state index contributed by atoms with van der Waals surface area (Å²) in [6.07, 6.45) is 0.828. The number of hydrogen-bond donors (Lipinski definition) is 8. The van der Waals surface area contributed by atoms with Crippen LogP contribution >= 0.6 is 0 Å². The number of aliphatic imine (C=N–C) groups is 1. The topological polar surface area (TPSA) is 293 Å². The molecule has 2 aromatic carbocycles. The monoisotopic (exact) mass is 974 g/mol. The smallest absolute Gasteiger partial charge is 0.264 e. The number of amides is 5. The van der Waals surface area contributed by atoms with Crippen LogP contribution in [0, 0.1) is 26.7 Å². The van der Waals surface area contributed by atoms with Gasteiger partial charge in [-0.25, -0.2) is 13.1 Å². The van der Waals surface area contributed by atoms with E-state index in [0.29, 0.717) is 42.0 Å². The van der Waals surface area contributed by atoms with Crippen molar-refractivity contribution in [2.45, 2.75) is 135 Å². The number of nitrogens with one attached hydrogen (secondary N) is 6. The molecule has 0 bridgehead atoms. The summed E-state index contributed by atoms with van der Waals surface area (Å²) >= 11 is 0. The number of nitrogens with zero attached hydrogens (tertiary/aromatic N) is 1. The second-order valence-corrected chi connectivity index (χ2v) is 20.3. The van der Waals surface area contributed by atoms with Crippen LogP contribution in [0.5, 0.6) is 5.75 Å². The molecule has 0 radical (unpaired) electrons. The Morgan fingerprint density at radius 1 is 0.838 bits per heavy atom. The number of fused-ring (bicyclic) bond motifs is 1. The zero-order valence-electron chi connectivity index (χ0n) is 41.6. The Kier molecular flexibility index (Phi) is 21.7. The van der Waals surface area contributed by atoms with E-state index in [1.807, 2.05) is 51.1 Å². The highest BCUT2D eigenvalue weighted by Crippen LogP contribution is 2.43. The van der Waals surface area contributed by atoms with Crippen molar-refractivity contribution < 1.29 is 51.3 Å². The average molecular weight is 974 g/mol. The molecule has 0 spiro atoms. The van der Waals surface area contributed by atoms with E-state index in [1.165, 1.54) is 7.05 Å². The number of ether oxygens (including phenoxy) is 4. The van der Waals surface area contributed by atoms with E-state index in [4.69, 9.17) is 30.4 Å². The number of rotatable bonds is 26. The van der Waals surface area contributed by atoms with Crippen LogP contribution in [0.3, 0.4) is 0 Å². The van der Waals surface area contributed by atoms with Crippen molar-refractivity contribution in [1.82, 2.24) is 31.3 Å². The molecule has 2 aromatic rings. The summed E-state index contributed by atoms with van der Waals surface area (Å²) in [4.78, 5) is 72.3. The van der Waals surface area contributed by atoms with Gasteiger partial charge in [-0.05, 0) is 96.4 Å². The van der Waals surface area contributed by atoms with Gasteiger partial charge in [0.05, 0.1) is 36.9 Å². The number of likely N-dealkylation sites (N-methyl/N-ethyl adjacent to an activating group) is 1. The first-order valence-corrected chi connectivity index (χ1v) is 24.4. The zero-order chi connectivity index (χ0) is 51.0. The molecule has 4 atom stereocenters. The Morgan fingerprint density at radius 3 is 2.09 bits per heavy atom. The number of carbonyl (C=O) groups excluding carboxylic acids is 5. The Bertz CT molecular complexity index is 2200. The Labute approximate surface area is 401 Å². The first kappa shape index (κ1) is 57.0. The second kappa shape index (κ2) is 25.9. The number of hydrogen-bond acceptors (Lipinski definition) is 13. The van der Waals surface area contributed by atoms with E-state index in [0.717, 1.165) is 11.1 Å². The van der Waals surface area contributed by atoms with Crippen molar-refractivity contribution in [2.75, 3.05) is 53.2 Å². The van der Waals surface area contributed by atoms with E-state index in [-0.39, 0.29) is 56.5 Å². The van der Waals surface area contributed by atoms with Crippen LogP contribution in [-0.4, -0.2) is 132 Å². The molecule has 380 valence electrons. The molecule has 0 saturated carbocycles. The standard InChI is InChI=1S/C47H75N9O11S/c1-28(2)38(44(61)54-36(26-66-46(6,7)8)43(60)53-35(41(58)50-11)24-32-16-13-12-14-17-32)55-42(59)34(52-37(57)27-65-23-22-64-21-19-48)18-15-20-51-45(49)56-68(62,63)40-30(4)29(3)39-33(31(40)5)25-47(9,10)67-39/h12-14,16-17,28,34-36,38H,15,18-27,48H2,1-11H3,(H,50,58)(H,52,57)(H,53,60)(H,54,61)(H,55,59)(H3,49,51,56). The fraction of sp³-hybridized carbons (Fsp3) is 0.617. The molecule has 0 aromatic heterocycles. The average Bonchev–Trinajstić information content (AvgIpc) is 3.60. The SMILES string of the molecule is CNC(=O)C(Cc1ccccc1)NC(=O)C(COC(C)(C)C)NC(=O)C(NC(=O)C(CCCN=C(N)NS(=O)(=O)c1c(C)c(C)c2c(c1C)CC(C)(C)O2)NC(=O)COCCOCCN)C(C)C. The molecule has 1 aliphatic rings. The first-order valence-electron chi connectivity index (χ1n) is 22.9. The van der Waals surface area contributed by atoms with Gasteiger partial charge < -0.3 is 57.0 Å². The van der Waals surface area contributed by atoms with Gasteiger partial charge in [-0.3, -0.25) is 29.0 Å². The lowest BCUT2D eigenvalue weighted by atomic mass is 9.94. The van der Waals surface area contributed by atoms with Gasteiger partial charge in [-0.1, -0.05) is 44.2 Å². The molecule has 4 unspecified atom stereocenters. The molecule has 21 heteroatoms. The lowest BCUT2D eigenvalue weighted by Crippen LogP contribution is -2.60. The summed E-state index contributed by atoms with van der Waals surface area (Å²) in [6.45, 7) is 18.1. The molecule has 10 N–H and O–H groups in total. The summed E-state index contributed by atoms with van der Waals surface area (Å²) in [7, 11) is -2.73. The molecule has 20 nitrogen and oxygen atoms in total. The molecular weight excluding hydrogens is 899 g/mol. The van der Waals surface area contributed by atoms with Crippen LogP contribution in [0.25, 0.3) is 0 Å².